The lowest BCUT2D eigenvalue weighted by molar-refractivity contribution is 0.979. The standard InChI is InChI=1S/C13H11BrCl2N2S/c1-2-10-12(15)17-11(18-13(10)16)7-19-9-5-3-4-8(14)6-9/h3-6H,2,7H2,1H3. The molecular weight excluding hydrogens is 367 g/mol. The Morgan fingerprint density at radius 1 is 1.21 bits per heavy atom. The quantitative estimate of drug-likeness (QED) is 0.526. The van der Waals surface area contributed by atoms with E-state index in [1.165, 1.54) is 0 Å². The summed E-state index contributed by atoms with van der Waals surface area (Å²) in [4.78, 5) is 9.70. The van der Waals surface area contributed by atoms with Gasteiger partial charge in [0.25, 0.3) is 0 Å². The van der Waals surface area contributed by atoms with E-state index in [0.717, 1.165) is 21.4 Å². The highest BCUT2D eigenvalue weighted by Gasteiger charge is 2.10. The van der Waals surface area contributed by atoms with Crippen LogP contribution in [0.1, 0.15) is 18.3 Å². The summed E-state index contributed by atoms with van der Waals surface area (Å²) in [6.45, 7) is 1.98. The summed E-state index contributed by atoms with van der Waals surface area (Å²) < 4.78 is 1.05. The number of hydrogen-bond acceptors (Lipinski definition) is 3. The van der Waals surface area contributed by atoms with Gasteiger partial charge >= 0.3 is 0 Å². The second-order valence-electron chi connectivity index (χ2n) is 3.80. The van der Waals surface area contributed by atoms with Crippen LogP contribution in [-0.4, -0.2) is 9.97 Å². The molecule has 0 amide bonds. The molecule has 0 aliphatic carbocycles. The molecule has 0 saturated heterocycles. The van der Waals surface area contributed by atoms with E-state index in [4.69, 9.17) is 23.2 Å². The second-order valence-corrected chi connectivity index (χ2v) is 6.48. The molecular formula is C13H11BrCl2N2S. The van der Waals surface area contributed by atoms with Crippen molar-refractivity contribution < 1.29 is 0 Å². The van der Waals surface area contributed by atoms with E-state index in [1.807, 2.05) is 31.2 Å². The van der Waals surface area contributed by atoms with Crippen molar-refractivity contribution in [3.8, 4) is 0 Å². The topological polar surface area (TPSA) is 25.8 Å². The predicted molar refractivity (Wildman–Crippen MR) is 85.1 cm³/mol. The number of nitrogens with zero attached hydrogens (tertiary/aromatic N) is 2. The molecule has 2 rings (SSSR count). The first-order valence-corrected chi connectivity index (χ1v) is 8.22. The smallest absolute Gasteiger partial charge is 0.142 e. The van der Waals surface area contributed by atoms with Crippen LogP contribution in [0, 0.1) is 0 Å². The Morgan fingerprint density at radius 2 is 1.89 bits per heavy atom. The van der Waals surface area contributed by atoms with Gasteiger partial charge in [-0.1, -0.05) is 52.1 Å². The molecule has 19 heavy (non-hydrogen) atoms. The van der Waals surface area contributed by atoms with Gasteiger partial charge in [0.1, 0.15) is 16.1 Å². The minimum Gasteiger partial charge on any atom is -0.220 e. The number of halogens is 3. The maximum Gasteiger partial charge on any atom is 0.142 e. The third-order valence-electron chi connectivity index (χ3n) is 2.47. The van der Waals surface area contributed by atoms with Gasteiger partial charge in [0.2, 0.25) is 0 Å². The molecule has 0 spiro atoms. The molecule has 0 unspecified atom stereocenters. The monoisotopic (exact) mass is 376 g/mol. The average Bonchev–Trinajstić information content (AvgIpc) is 2.36. The van der Waals surface area contributed by atoms with Gasteiger partial charge in [0, 0.05) is 14.9 Å². The number of thioether (sulfide) groups is 1. The highest BCUT2D eigenvalue weighted by Crippen LogP contribution is 2.27. The van der Waals surface area contributed by atoms with Crippen molar-refractivity contribution in [2.45, 2.75) is 24.0 Å². The van der Waals surface area contributed by atoms with Crippen LogP contribution in [0.5, 0.6) is 0 Å². The fourth-order valence-electron chi connectivity index (χ4n) is 1.53. The normalized spacial score (nSPS) is 10.7. The molecule has 100 valence electrons. The van der Waals surface area contributed by atoms with Crippen molar-refractivity contribution in [2.24, 2.45) is 0 Å². The Bertz CT molecular complexity index is 570. The van der Waals surface area contributed by atoms with E-state index in [0.29, 0.717) is 21.9 Å². The van der Waals surface area contributed by atoms with Crippen LogP contribution in [0.2, 0.25) is 10.3 Å². The van der Waals surface area contributed by atoms with Crippen molar-refractivity contribution in [1.29, 1.82) is 0 Å². The Hall–Kier alpha value is -0.290. The summed E-state index contributed by atoms with van der Waals surface area (Å²) in [6, 6.07) is 8.07. The Labute approximate surface area is 135 Å². The molecule has 0 bridgehead atoms. The van der Waals surface area contributed by atoms with Gasteiger partial charge in [0.05, 0.1) is 5.75 Å². The van der Waals surface area contributed by atoms with E-state index in [9.17, 15) is 0 Å². The number of hydrogen-bond donors (Lipinski definition) is 0. The predicted octanol–water partition coefficient (Wildman–Crippen LogP) is 5.40. The fourth-order valence-corrected chi connectivity index (χ4v) is 3.58. The third-order valence-corrected chi connectivity index (χ3v) is 4.58. The minimum atomic E-state index is 0.451. The van der Waals surface area contributed by atoms with E-state index in [2.05, 4.69) is 25.9 Å². The summed E-state index contributed by atoms with van der Waals surface area (Å²) in [6.07, 6.45) is 0.733. The van der Waals surface area contributed by atoms with Crippen molar-refractivity contribution >= 4 is 50.9 Å². The van der Waals surface area contributed by atoms with Gasteiger partial charge in [-0.15, -0.1) is 11.8 Å². The molecule has 0 N–H and O–H groups in total. The van der Waals surface area contributed by atoms with Crippen LogP contribution in [0.25, 0.3) is 0 Å². The lowest BCUT2D eigenvalue weighted by atomic mass is 10.3. The molecule has 0 aliphatic heterocycles. The molecule has 0 atom stereocenters. The van der Waals surface area contributed by atoms with Crippen LogP contribution in [0.3, 0.4) is 0 Å². The fraction of sp³-hybridized carbons (Fsp3) is 0.231. The van der Waals surface area contributed by atoms with Gasteiger partial charge in [-0.25, -0.2) is 9.97 Å². The van der Waals surface area contributed by atoms with E-state index >= 15 is 0 Å². The SMILES string of the molecule is CCc1c(Cl)nc(CSc2cccc(Br)c2)nc1Cl. The molecule has 2 nitrogen and oxygen atoms in total. The Balaban J connectivity index is 2.12. The van der Waals surface area contributed by atoms with Gasteiger partial charge in [-0.3, -0.25) is 0 Å². The first-order valence-electron chi connectivity index (χ1n) is 5.69. The molecule has 0 radical (unpaired) electrons. The molecule has 6 heteroatoms. The summed E-state index contributed by atoms with van der Waals surface area (Å²) >= 11 is 17.3. The molecule has 1 aromatic heterocycles. The Morgan fingerprint density at radius 3 is 2.47 bits per heavy atom. The van der Waals surface area contributed by atoms with E-state index in [1.54, 1.807) is 11.8 Å². The number of benzene rings is 1. The van der Waals surface area contributed by atoms with Gasteiger partial charge in [0.15, 0.2) is 0 Å². The van der Waals surface area contributed by atoms with E-state index in [-0.39, 0.29) is 0 Å². The lowest BCUT2D eigenvalue weighted by Gasteiger charge is -2.06. The van der Waals surface area contributed by atoms with Crippen molar-refractivity contribution in [3.63, 3.8) is 0 Å². The van der Waals surface area contributed by atoms with Crippen LogP contribution < -0.4 is 0 Å². The largest absolute Gasteiger partial charge is 0.220 e. The summed E-state index contributed by atoms with van der Waals surface area (Å²) in [5, 5.41) is 0.902. The summed E-state index contributed by atoms with van der Waals surface area (Å²) in [5.41, 5.74) is 0.805. The molecule has 2 aromatic rings. The summed E-state index contributed by atoms with van der Waals surface area (Å²) in [7, 11) is 0. The molecule has 1 heterocycles. The van der Waals surface area contributed by atoms with Crippen molar-refractivity contribution in [1.82, 2.24) is 9.97 Å². The molecule has 0 saturated carbocycles. The maximum absolute atomic E-state index is 6.09. The highest BCUT2D eigenvalue weighted by molar-refractivity contribution is 9.10. The molecule has 1 aromatic carbocycles. The maximum atomic E-state index is 6.09. The van der Waals surface area contributed by atoms with Crippen molar-refractivity contribution in [3.05, 3.63) is 50.4 Å². The number of rotatable bonds is 4. The minimum absolute atomic E-state index is 0.451. The number of aromatic nitrogens is 2. The van der Waals surface area contributed by atoms with Crippen LogP contribution in [-0.2, 0) is 12.2 Å². The Kier molecular flexibility index (Phi) is 5.51. The first-order chi connectivity index (χ1) is 9.10. The van der Waals surface area contributed by atoms with Gasteiger partial charge < -0.3 is 0 Å². The van der Waals surface area contributed by atoms with E-state index < -0.39 is 0 Å². The molecule has 0 fully saturated rings. The van der Waals surface area contributed by atoms with Crippen molar-refractivity contribution in [2.75, 3.05) is 0 Å². The first kappa shape index (κ1) is 15.1. The molecule has 0 aliphatic rings. The average molecular weight is 378 g/mol. The van der Waals surface area contributed by atoms with Crippen LogP contribution in [0.15, 0.2) is 33.6 Å². The lowest BCUT2D eigenvalue weighted by Crippen LogP contribution is -1.98. The zero-order chi connectivity index (χ0) is 13.8. The third kappa shape index (κ3) is 4.09. The second kappa shape index (κ2) is 6.93. The van der Waals surface area contributed by atoms with Gasteiger partial charge in [-0.05, 0) is 24.6 Å². The summed E-state index contributed by atoms with van der Waals surface area (Å²) in [5.74, 6) is 1.29. The van der Waals surface area contributed by atoms with Crippen LogP contribution in [0.4, 0.5) is 0 Å². The van der Waals surface area contributed by atoms with Gasteiger partial charge in [-0.2, -0.15) is 0 Å². The highest BCUT2D eigenvalue weighted by atomic mass is 79.9. The zero-order valence-corrected chi connectivity index (χ0v) is 14.1. The zero-order valence-electron chi connectivity index (χ0n) is 10.2. The van der Waals surface area contributed by atoms with Crippen LogP contribution >= 0.6 is 50.9 Å².